The standard InChI is InChI=1S/C17H18N6O/c24-17(15-8-3-12-2-1-9-18-16(12)22-15)21-13-4-6-14(7-5-13)23-10-19-20-11-23/h1-3,8-11,13-14H,4-7H2,(H,21,24). The van der Waals surface area contributed by atoms with Crippen LogP contribution in [0, 0.1) is 0 Å². The maximum absolute atomic E-state index is 12.4. The average Bonchev–Trinajstić information content (AvgIpc) is 3.16. The normalized spacial score (nSPS) is 20.8. The van der Waals surface area contributed by atoms with Gasteiger partial charge in [-0.1, -0.05) is 0 Å². The molecule has 1 saturated carbocycles. The predicted octanol–water partition coefficient (Wildman–Crippen LogP) is 2.13. The van der Waals surface area contributed by atoms with Crippen molar-refractivity contribution < 1.29 is 4.79 Å². The number of fused-ring (bicyclic) bond motifs is 1. The van der Waals surface area contributed by atoms with E-state index in [9.17, 15) is 4.79 Å². The van der Waals surface area contributed by atoms with Gasteiger partial charge < -0.3 is 9.88 Å². The second kappa shape index (κ2) is 6.35. The van der Waals surface area contributed by atoms with Crippen LogP contribution in [0.5, 0.6) is 0 Å². The molecule has 0 radical (unpaired) electrons. The second-order valence-corrected chi connectivity index (χ2v) is 6.13. The molecule has 0 aliphatic heterocycles. The van der Waals surface area contributed by atoms with Gasteiger partial charge in [-0.15, -0.1) is 10.2 Å². The van der Waals surface area contributed by atoms with Crippen molar-refractivity contribution in [2.24, 2.45) is 0 Å². The second-order valence-electron chi connectivity index (χ2n) is 6.13. The third kappa shape index (κ3) is 2.97. The lowest BCUT2D eigenvalue weighted by atomic mass is 9.91. The van der Waals surface area contributed by atoms with E-state index in [4.69, 9.17) is 0 Å². The van der Waals surface area contributed by atoms with Crippen LogP contribution in [0.15, 0.2) is 43.1 Å². The molecule has 1 aliphatic carbocycles. The van der Waals surface area contributed by atoms with Crippen molar-refractivity contribution >= 4 is 16.9 Å². The molecule has 7 nitrogen and oxygen atoms in total. The molecular formula is C17H18N6O. The number of nitrogens with one attached hydrogen (secondary N) is 1. The minimum absolute atomic E-state index is 0.129. The van der Waals surface area contributed by atoms with Gasteiger partial charge in [0.1, 0.15) is 18.3 Å². The van der Waals surface area contributed by atoms with Gasteiger partial charge in [0.15, 0.2) is 5.65 Å². The van der Waals surface area contributed by atoms with Crippen molar-refractivity contribution in [2.45, 2.75) is 37.8 Å². The SMILES string of the molecule is O=C(NC1CCC(n2cnnc2)CC1)c1ccc2cccnc2n1. The van der Waals surface area contributed by atoms with Crippen LogP contribution in [0.3, 0.4) is 0 Å². The van der Waals surface area contributed by atoms with Crippen molar-refractivity contribution in [3.05, 3.63) is 48.8 Å². The summed E-state index contributed by atoms with van der Waals surface area (Å²) < 4.78 is 2.05. The fourth-order valence-corrected chi connectivity index (χ4v) is 3.25. The first-order valence-electron chi connectivity index (χ1n) is 8.16. The molecule has 0 saturated heterocycles. The molecule has 0 unspecified atom stereocenters. The highest BCUT2D eigenvalue weighted by molar-refractivity contribution is 5.94. The van der Waals surface area contributed by atoms with E-state index in [1.807, 2.05) is 18.2 Å². The summed E-state index contributed by atoms with van der Waals surface area (Å²) in [5.41, 5.74) is 1.02. The van der Waals surface area contributed by atoms with Crippen LogP contribution in [0.2, 0.25) is 0 Å². The zero-order chi connectivity index (χ0) is 16.4. The molecule has 0 atom stereocenters. The maximum atomic E-state index is 12.4. The minimum atomic E-state index is -0.129. The van der Waals surface area contributed by atoms with Gasteiger partial charge in [-0.3, -0.25) is 4.79 Å². The molecule has 1 aliphatic rings. The summed E-state index contributed by atoms with van der Waals surface area (Å²) in [5, 5.41) is 11.7. The summed E-state index contributed by atoms with van der Waals surface area (Å²) in [7, 11) is 0. The number of amides is 1. The molecular weight excluding hydrogens is 304 g/mol. The van der Waals surface area contributed by atoms with Crippen molar-refractivity contribution in [2.75, 3.05) is 0 Å². The number of rotatable bonds is 3. The lowest BCUT2D eigenvalue weighted by Gasteiger charge is -2.29. The molecule has 1 N–H and O–H groups in total. The molecule has 24 heavy (non-hydrogen) atoms. The number of nitrogens with zero attached hydrogens (tertiary/aromatic N) is 5. The molecule has 4 rings (SSSR count). The molecule has 7 heteroatoms. The van der Waals surface area contributed by atoms with Gasteiger partial charge in [0.2, 0.25) is 0 Å². The van der Waals surface area contributed by atoms with Crippen LogP contribution >= 0.6 is 0 Å². The third-order valence-corrected chi connectivity index (χ3v) is 4.59. The predicted molar refractivity (Wildman–Crippen MR) is 88.3 cm³/mol. The van der Waals surface area contributed by atoms with Crippen LogP contribution in [0.4, 0.5) is 0 Å². The zero-order valence-corrected chi connectivity index (χ0v) is 13.2. The molecule has 1 amide bonds. The van der Waals surface area contributed by atoms with E-state index in [1.54, 1.807) is 24.9 Å². The molecule has 3 heterocycles. The summed E-state index contributed by atoms with van der Waals surface area (Å²) in [6, 6.07) is 8.04. The van der Waals surface area contributed by atoms with Crippen molar-refractivity contribution in [1.29, 1.82) is 0 Å². The fourth-order valence-electron chi connectivity index (χ4n) is 3.25. The van der Waals surface area contributed by atoms with E-state index in [1.165, 1.54) is 0 Å². The quantitative estimate of drug-likeness (QED) is 0.798. The Labute approximate surface area is 139 Å². The number of carbonyl (C=O) groups excluding carboxylic acids is 1. The highest BCUT2D eigenvalue weighted by atomic mass is 16.1. The van der Waals surface area contributed by atoms with Crippen LogP contribution < -0.4 is 5.32 Å². The van der Waals surface area contributed by atoms with Crippen LogP contribution in [0.1, 0.15) is 42.2 Å². The first-order chi connectivity index (χ1) is 11.8. The van der Waals surface area contributed by atoms with Crippen LogP contribution in [-0.2, 0) is 0 Å². The monoisotopic (exact) mass is 322 g/mol. The van der Waals surface area contributed by atoms with Gasteiger partial charge in [0.05, 0.1) is 0 Å². The Morgan fingerprint density at radius 3 is 2.67 bits per heavy atom. The summed E-state index contributed by atoms with van der Waals surface area (Å²) in [4.78, 5) is 21.0. The van der Waals surface area contributed by atoms with Gasteiger partial charge in [-0.05, 0) is 49.9 Å². The number of aromatic nitrogens is 5. The Morgan fingerprint density at radius 2 is 1.88 bits per heavy atom. The molecule has 1 fully saturated rings. The molecule has 0 aromatic carbocycles. The number of hydrogen-bond acceptors (Lipinski definition) is 5. The third-order valence-electron chi connectivity index (χ3n) is 4.59. The van der Waals surface area contributed by atoms with E-state index in [0.29, 0.717) is 17.4 Å². The molecule has 122 valence electrons. The number of hydrogen-bond donors (Lipinski definition) is 1. The Hall–Kier alpha value is -2.83. The fraction of sp³-hybridized carbons (Fsp3) is 0.353. The van der Waals surface area contributed by atoms with Crippen LogP contribution in [-0.4, -0.2) is 36.7 Å². The van der Waals surface area contributed by atoms with E-state index in [2.05, 4.69) is 30.0 Å². The van der Waals surface area contributed by atoms with Gasteiger partial charge >= 0.3 is 0 Å². The average molecular weight is 322 g/mol. The lowest BCUT2D eigenvalue weighted by Crippen LogP contribution is -2.38. The Bertz CT molecular complexity index is 839. The topological polar surface area (TPSA) is 85.6 Å². The molecule has 3 aromatic heterocycles. The summed E-state index contributed by atoms with van der Waals surface area (Å²) >= 11 is 0. The highest BCUT2D eigenvalue weighted by Crippen LogP contribution is 2.28. The van der Waals surface area contributed by atoms with E-state index in [0.717, 1.165) is 31.1 Å². The largest absolute Gasteiger partial charge is 0.348 e. The number of carbonyl (C=O) groups is 1. The van der Waals surface area contributed by atoms with Crippen molar-refractivity contribution in [3.8, 4) is 0 Å². The van der Waals surface area contributed by atoms with Gasteiger partial charge in [0.25, 0.3) is 5.91 Å². The summed E-state index contributed by atoms with van der Waals surface area (Å²) in [6.07, 6.45) is 9.11. The maximum Gasteiger partial charge on any atom is 0.270 e. The lowest BCUT2D eigenvalue weighted by molar-refractivity contribution is 0.0917. The smallest absolute Gasteiger partial charge is 0.270 e. The van der Waals surface area contributed by atoms with Crippen molar-refractivity contribution in [1.82, 2.24) is 30.0 Å². The van der Waals surface area contributed by atoms with Gasteiger partial charge in [0, 0.05) is 23.7 Å². The Balaban J connectivity index is 1.39. The molecule has 0 spiro atoms. The van der Waals surface area contributed by atoms with Crippen LogP contribution in [0.25, 0.3) is 11.0 Å². The first-order valence-corrected chi connectivity index (χ1v) is 8.16. The van der Waals surface area contributed by atoms with E-state index >= 15 is 0 Å². The molecule has 3 aromatic rings. The first kappa shape index (κ1) is 14.7. The minimum Gasteiger partial charge on any atom is -0.348 e. The van der Waals surface area contributed by atoms with Gasteiger partial charge in [-0.2, -0.15) is 0 Å². The molecule has 0 bridgehead atoms. The van der Waals surface area contributed by atoms with E-state index < -0.39 is 0 Å². The Morgan fingerprint density at radius 1 is 1.08 bits per heavy atom. The Kier molecular flexibility index (Phi) is 3.90. The summed E-state index contributed by atoms with van der Waals surface area (Å²) in [6.45, 7) is 0. The zero-order valence-electron chi connectivity index (χ0n) is 13.2. The highest BCUT2D eigenvalue weighted by Gasteiger charge is 2.24. The van der Waals surface area contributed by atoms with Gasteiger partial charge in [-0.25, -0.2) is 9.97 Å². The van der Waals surface area contributed by atoms with Crippen molar-refractivity contribution in [3.63, 3.8) is 0 Å². The summed E-state index contributed by atoms with van der Waals surface area (Å²) in [5.74, 6) is -0.129. The van der Waals surface area contributed by atoms with E-state index in [-0.39, 0.29) is 11.9 Å². The number of pyridine rings is 2.